The summed E-state index contributed by atoms with van der Waals surface area (Å²) in [5.41, 5.74) is 0.804. The number of aromatic nitrogens is 1. The Bertz CT molecular complexity index is 814. The molecule has 1 aliphatic rings. The summed E-state index contributed by atoms with van der Waals surface area (Å²) in [6.07, 6.45) is 1.59. The summed E-state index contributed by atoms with van der Waals surface area (Å²) in [6.45, 7) is 4.48. The normalized spacial score (nSPS) is 16.3. The van der Waals surface area contributed by atoms with Gasteiger partial charge in [0.05, 0.1) is 17.4 Å². The van der Waals surface area contributed by atoms with Crippen molar-refractivity contribution in [2.75, 3.05) is 25.0 Å². The van der Waals surface area contributed by atoms with E-state index in [1.165, 1.54) is 34.4 Å². The Balaban J connectivity index is 1.73. The van der Waals surface area contributed by atoms with Gasteiger partial charge in [-0.2, -0.15) is 0 Å². The van der Waals surface area contributed by atoms with Crippen LogP contribution in [0.2, 0.25) is 0 Å². The van der Waals surface area contributed by atoms with E-state index < -0.39 is 11.7 Å². The Hall–Kier alpha value is -2.32. The second-order valence-electron chi connectivity index (χ2n) is 6.51. The van der Waals surface area contributed by atoms with Crippen LogP contribution in [0.5, 0.6) is 0 Å². The van der Waals surface area contributed by atoms with Crippen molar-refractivity contribution in [2.24, 2.45) is 0 Å². The number of hydrogen-bond acceptors (Lipinski definition) is 5. The SMILES string of the molecule is Cc1nc(NC(=O)CN(CC2CCCO2)C(=O)c2ccccc2F)sc1C. The molecular weight excluding hydrogens is 369 g/mol. The van der Waals surface area contributed by atoms with Crippen molar-refractivity contribution < 1.29 is 18.7 Å². The van der Waals surface area contributed by atoms with Gasteiger partial charge in [0.1, 0.15) is 12.4 Å². The molecule has 3 rings (SSSR count). The standard InChI is InChI=1S/C19H22FN3O3S/c1-12-13(2)27-19(21-12)22-17(24)11-23(10-14-6-5-9-26-14)18(25)15-7-3-4-8-16(15)20/h3-4,7-8,14H,5-6,9-11H2,1-2H3,(H,21,22,24). The van der Waals surface area contributed by atoms with Gasteiger partial charge >= 0.3 is 0 Å². The fourth-order valence-corrected chi connectivity index (χ4v) is 3.75. The fraction of sp³-hybridized carbons (Fsp3) is 0.421. The number of amides is 2. The summed E-state index contributed by atoms with van der Waals surface area (Å²) in [5.74, 6) is -1.50. The lowest BCUT2D eigenvalue weighted by atomic mass is 10.1. The van der Waals surface area contributed by atoms with Crippen LogP contribution in [0, 0.1) is 19.7 Å². The molecule has 1 aromatic heterocycles. The van der Waals surface area contributed by atoms with Crippen LogP contribution in [0.15, 0.2) is 24.3 Å². The summed E-state index contributed by atoms with van der Waals surface area (Å²) in [7, 11) is 0. The number of thiazole rings is 1. The highest BCUT2D eigenvalue weighted by atomic mass is 32.1. The molecule has 27 heavy (non-hydrogen) atoms. The van der Waals surface area contributed by atoms with Gasteiger partial charge < -0.3 is 15.0 Å². The van der Waals surface area contributed by atoms with Gasteiger partial charge in [-0.25, -0.2) is 9.37 Å². The van der Waals surface area contributed by atoms with Gasteiger partial charge in [-0.15, -0.1) is 11.3 Å². The molecule has 0 saturated carbocycles. The number of nitrogens with one attached hydrogen (secondary N) is 1. The average Bonchev–Trinajstić information content (AvgIpc) is 3.24. The molecular formula is C19H22FN3O3S. The van der Waals surface area contributed by atoms with Crippen molar-refractivity contribution >= 4 is 28.3 Å². The van der Waals surface area contributed by atoms with Crippen molar-refractivity contribution in [1.29, 1.82) is 0 Å². The van der Waals surface area contributed by atoms with Gasteiger partial charge in [0.15, 0.2) is 5.13 Å². The summed E-state index contributed by atoms with van der Waals surface area (Å²) < 4.78 is 19.6. The molecule has 0 aliphatic carbocycles. The van der Waals surface area contributed by atoms with Crippen LogP contribution < -0.4 is 5.32 Å². The lowest BCUT2D eigenvalue weighted by Gasteiger charge is -2.25. The molecule has 1 aromatic carbocycles. The first-order chi connectivity index (χ1) is 12.9. The first-order valence-corrected chi connectivity index (χ1v) is 9.65. The van der Waals surface area contributed by atoms with Gasteiger partial charge in [0, 0.05) is 18.0 Å². The molecule has 1 atom stereocenters. The van der Waals surface area contributed by atoms with E-state index >= 15 is 0 Å². The van der Waals surface area contributed by atoms with Crippen molar-refractivity contribution in [1.82, 2.24) is 9.88 Å². The number of carbonyl (C=O) groups excluding carboxylic acids is 2. The summed E-state index contributed by atoms with van der Waals surface area (Å²) in [5, 5.41) is 3.21. The number of anilines is 1. The van der Waals surface area contributed by atoms with Crippen LogP contribution >= 0.6 is 11.3 Å². The summed E-state index contributed by atoms with van der Waals surface area (Å²) in [6, 6.07) is 5.78. The lowest BCUT2D eigenvalue weighted by Crippen LogP contribution is -2.42. The molecule has 144 valence electrons. The topological polar surface area (TPSA) is 71.5 Å². The van der Waals surface area contributed by atoms with E-state index in [0.29, 0.717) is 11.7 Å². The van der Waals surface area contributed by atoms with Crippen LogP contribution in [0.25, 0.3) is 0 Å². The minimum absolute atomic E-state index is 0.0516. The minimum atomic E-state index is -0.605. The molecule has 2 heterocycles. The first-order valence-electron chi connectivity index (χ1n) is 8.83. The van der Waals surface area contributed by atoms with Gasteiger partial charge in [0.25, 0.3) is 5.91 Å². The van der Waals surface area contributed by atoms with E-state index in [4.69, 9.17) is 4.74 Å². The molecule has 1 N–H and O–H groups in total. The van der Waals surface area contributed by atoms with E-state index in [2.05, 4.69) is 10.3 Å². The summed E-state index contributed by atoms with van der Waals surface area (Å²) >= 11 is 1.38. The highest BCUT2D eigenvalue weighted by Crippen LogP contribution is 2.21. The van der Waals surface area contributed by atoms with Crippen molar-refractivity contribution in [3.05, 3.63) is 46.2 Å². The maximum absolute atomic E-state index is 14.1. The zero-order valence-electron chi connectivity index (χ0n) is 15.3. The maximum atomic E-state index is 14.1. The highest BCUT2D eigenvalue weighted by molar-refractivity contribution is 7.15. The molecule has 0 spiro atoms. The van der Waals surface area contributed by atoms with Crippen LogP contribution in [-0.4, -0.2) is 47.5 Å². The monoisotopic (exact) mass is 391 g/mol. The number of ether oxygens (including phenoxy) is 1. The van der Waals surface area contributed by atoms with Crippen molar-refractivity contribution in [2.45, 2.75) is 32.8 Å². The Morgan fingerprint density at radius 2 is 2.15 bits per heavy atom. The van der Waals surface area contributed by atoms with Crippen LogP contribution in [0.4, 0.5) is 9.52 Å². The molecule has 2 amide bonds. The molecule has 0 radical (unpaired) electrons. The Labute approximate surface area is 161 Å². The van der Waals surface area contributed by atoms with E-state index in [0.717, 1.165) is 23.4 Å². The molecule has 6 nitrogen and oxygen atoms in total. The number of nitrogens with zero attached hydrogens (tertiary/aromatic N) is 2. The van der Waals surface area contributed by atoms with Crippen molar-refractivity contribution in [3.8, 4) is 0 Å². The second-order valence-corrected chi connectivity index (χ2v) is 7.71. The molecule has 1 saturated heterocycles. The van der Waals surface area contributed by atoms with Crippen LogP contribution in [-0.2, 0) is 9.53 Å². The van der Waals surface area contributed by atoms with Gasteiger partial charge in [-0.3, -0.25) is 9.59 Å². The van der Waals surface area contributed by atoms with E-state index in [-0.39, 0.29) is 30.7 Å². The van der Waals surface area contributed by atoms with E-state index in [9.17, 15) is 14.0 Å². The number of rotatable bonds is 6. The number of carbonyl (C=O) groups is 2. The molecule has 8 heteroatoms. The highest BCUT2D eigenvalue weighted by Gasteiger charge is 2.26. The third-order valence-electron chi connectivity index (χ3n) is 4.45. The van der Waals surface area contributed by atoms with Crippen LogP contribution in [0.1, 0.15) is 33.8 Å². The Morgan fingerprint density at radius 1 is 1.37 bits per heavy atom. The predicted octanol–water partition coefficient (Wildman–Crippen LogP) is 3.16. The molecule has 0 bridgehead atoms. The molecule has 1 unspecified atom stereocenters. The number of aryl methyl sites for hydroxylation is 2. The average molecular weight is 391 g/mol. The molecule has 1 aliphatic heterocycles. The number of hydrogen-bond donors (Lipinski definition) is 1. The maximum Gasteiger partial charge on any atom is 0.257 e. The van der Waals surface area contributed by atoms with E-state index in [1.54, 1.807) is 6.07 Å². The van der Waals surface area contributed by atoms with Gasteiger partial charge in [0.2, 0.25) is 5.91 Å². The molecule has 1 fully saturated rings. The fourth-order valence-electron chi connectivity index (χ4n) is 2.92. The Kier molecular flexibility index (Phi) is 6.18. The third kappa shape index (κ3) is 4.90. The Morgan fingerprint density at radius 3 is 2.78 bits per heavy atom. The quantitative estimate of drug-likeness (QED) is 0.821. The number of benzene rings is 1. The largest absolute Gasteiger partial charge is 0.376 e. The van der Waals surface area contributed by atoms with Gasteiger partial charge in [-0.1, -0.05) is 12.1 Å². The number of halogens is 1. The van der Waals surface area contributed by atoms with Crippen LogP contribution in [0.3, 0.4) is 0 Å². The third-order valence-corrected chi connectivity index (χ3v) is 5.44. The second kappa shape index (κ2) is 8.58. The lowest BCUT2D eigenvalue weighted by molar-refractivity contribution is -0.117. The zero-order chi connectivity index (χ0) is 19.4. The summed E-state index contributed by atoms with van der Waals surface area (Å²) in [4.78, 5) is 31.9. The predicted molar refractivity (Wildman–Crippen MR) is 101 cm³/mol. The van der Waals surface area contributed by atoms with E-state index in [1.807, 2.05) is 13.8 Å². The zero-order valence-corrected chi connectivity index (χ0v) is 16.1. The minimum Gasteiger partial charge on any atom is -0.376 e. The molecule has 2 aromatic rings. The first kappa shape index (κ1) is 19.4. The van der Waals surface area contributed by atoms with Gasteiger partial charge in [-0.05, 0) is 38.8 Å². The smallest absolute Gasteiger partial charge is 0.257 e. The van der Waals surface area contributed by atoms with Crippen molar-refractivity contribution in [3.63, 3.8) is 0 Å².